The molecule has 0 aliphatic carbocycles. The Labute approximate surface area is 179 Å². The molecule has 0 aliphatic heterocycles. The van der Waals surface area contributed by atoms with E-state index in [0.717, 1.165) is 5.56 Å². The largest absolute Gasteiger partial charge is 0.312 e. The molecular weight excluding hydrogens is 428 g/mol. The molecule has 3 rings (SSSR count). The fraction of sp³-hybridized carbons (Fsp3) is 0.250. The Bertz CT molecular complexity index is 1150. The molecule has 1 heterocycles. The van der Waals surface area contributed by atoms with Gasteiger partial charge in [-0.3, -0.25) is 14.8 Å². The predicted molar refractivity (Wildman–Crippen MR) is 114 cm³/mol. The summed E-state index contributed by atoms with van der Waals surface area (Å²) < 4.78 is 30.0. The van der Waals surface area contributed by atoms with Crippen LogP contribution >= 0.6 is 11.6 Å². The van der Waals surface area contributed by atoms with Gasteiger partial charge in [0.05, 0.1) is 9.82 Å². The average molecular weight is 449 g/mol. The van der Waals surface area contributed by atoms with Crippen molar-refractivity contribution in [2.45, 2.75) is 37.8 Å². The molecule has 1 N–H and O–H groups in total. The summed E-state index contributed by atoms with van der Waals surface area (Å²) in [5.41, 5.74) is 1.53. The van der Waals surface area contributed by atoms with Crippen LogP contribution in [0.1, 0.15) is 29.4 Å². The minimum Gasteiger partial charge on any atom is -0.262 e. The van der Waals surface area contributed by atoms with Gasteiger partial charge >= 0.3 is 5.69 Å². The van der Waals surface area contributed by atoms with Crippen molar-refractivity contribution in [3.63, 3.8) is 0 Å². The first-order valence-corrected chi connectivity index (χ1v) is 11.1. The first-order chi connectivity index (χ1) is 14.2. The lowest BCUT2D eigenvalue weighted by atomic mass is 10.1. The Morgan fingerprint density at radius 1 is 1.13 bits per heavy atom. The van der Waals surface area contributed by atoms with Gasteiger partial charge in [-0.25, -0.2) is 13.1 Å². The highest BCUT2D eigenvalue weighted by molar-refractivity contribution is 7.89. The Kier molecular flexibility index (Phi) is 6.55. The summed E-state index contributed by atoms with van der Waals surface area (Å²) in [5, 5.41) is 15.9. The minimum absolute atomic E-state index is 0.0204. The van der Waals surface area contributed by atoms with Crippen molar-refractivity contribution in [3.8, 4) is 0 Å². The summed E-state index contributed by atoms with van der Waals surface area (Å²) in [5.74, 6) is 0. The molecule has 1 atom stereocenters. The zero-order chi connectivity index (χ0) is 21.9. The minimum atomic E-state index is -3.80. The lowest BCUT2D eigenvalue weighted by Gasteiger charge is -2.20. The molecule has 0 amide bonds. The van der Waals surface area contributed by atoms with Crippen molar-refractivity contribution in [2.75, 3.05) is 0 Å². The fourth-order valence-corrected chi connectivity index (χ4v) is 4.65. The Hall–Kier alpha value is -2.75. The van der Waals surface area contributed by atoms with Crippen LogP contribution < -0.4 is 4.72 Å². The monoisotopic (exact) mass is 448 g/mol. The van der Waals surface area contributed by atoms with E-state index in [1.807, 2.05) is 30.3 Å². The van der Waals surface area contributed by atoms with E-state index in [1.165, 1.54) is 24.3 Å². The molecule has 3 aromatic rings. The van der Waals surface area contributed by atoms with E-state index in [-0.39, 0.29) is 10.6 Å². The van der Waals surface area contributed by atoms with Gasteiger partial charge in [-0.05, 0) is 50.1 Å². The zero-order valence-corrected chi connectivity index (χ0v) is 18.0. The van der Waals surface area contributed by atoms with Gasteiger partial charge in [-0.1, -0.05) is 41.9 Å². The molecule has 8 nitrogen and oxygen atoms in total. The van der Waals surface area contributed by atoms with Crippen LogP contribution in [0.3, 0.4) is 0 Å². The predicted octanol–water partition coefficient (Wildman–Crippen LogP) is 4.17. The van der Waals surface area contributed by atoms with Crippen molar-refractivity contribution in [1.29, 1.82) is 0 Å². The normalized spacial score (nSPS) is 12.6. The molecule has 30 heavy (non-hydrogen) atoms. The van der Waals surface area contributed by atoms with E-state index in [1.54, 1.807) is 18.5 Å². The number of hydrogen-bond donors (Lipinski definition) is 1. The number of halogens is 1. The summed E-state index contributed by atoms with van der Waals surface area (Å²) in [6.45, 7) is 3.52. The molecular formula is C20H21ClN4O4S. The van der Waals surface area contributed by atoms with Crippen LogP contribution in [0.15, 0.2) is 59.5 Å². The van der Waals surface area contributed by atoms with Gasteiger partial charge in [-0.15, -0.1) is 0 Å². The van der Waals surface area contributed by atoms with Crippen LogP contribution in [0.25, 0.3) is 0 Å². The fourth-order valence-electron chi connectivity index (χ4n) is 3.27. The van der Waals surface area contributed by atoms with Crippen molar-refractivity contribution >= 4 is 27.3 Å². The maximum absolute atomic E-state index is 12.9. The van der Waals surface area contributed by atoms with Crippen LogP contribution in [-0.4, -0.2) is 23.1 Å². The smallest absolute Gasteiger partial charge is 0.262 e. The first-order valence-electron chi connectivity index (χ1n) is 9.20. The molecule has 0 spiro atoms. The number of nitrogens with zero attached hydrogens (tertiary/aromatic N) is 3. The summed E-state index contributed by atoms with van der Waals surface area (Å²) in [4.78, 5) is 10.9. The van der Waals surface area contributed by atoms with E-state index in [4.69, 9.17) is 11.6 Å². The molecule has 158 valence electrons. The standard InChI is InChI=1S/C20H21ClN4O4S/c1-14-20(25(26)27)15(2)24(22-14)13-12-19(16-6-4-3-5-7-16)23-30(28,29)18-10-8-17(21)9-11-18/h3-11,19,23H,12-13H2,1-2H3. The van der Waals surface area contributed by atoms with E-state index in [0.29, 0.717) is 29.4 Å². The Morgan fingerprint density at radius 2 is 1.77 bits per heavy atom. The third kappa shape index (κ3) is 4.86. The second-order valence-corrected chi connectivity index (χ2v) is 8.98. The molecule has 0 bridgehead atoms. The topological polar surface area (TPSA) is 107 Å². The second-order valence-electron chi connectivity index (χ2n) is 6.83. The highest BCUT2D eigenvalue weighted by atomic mass is 35.5. The van der Waals surface area contributed by atoms with Gasteiger partial charge in [0.25, 0.3) is 0 Å². The van der Waals surface area contributed by atoms with Gasteiger partial charge in [0, 0.05) is 17.6 Å². The van der Waals surface area contributed by atoms with Gasteiger partial charge in [0.1, 0.15) is 11.4 Å². The van der Waals surface area contributed by atoms with Crippen molar-refractivity contribution in [1.82, 2.24) is 14.5 Å². The van der Waals surface area contributed by atoms with Gasteiger partial charge in [0.2, 0.25) is 10.0 Å². The van der Waals surface area contributed by atoms with Crippen LogP contribution in [0.5, 0.6) is 0 Å². The maximum atomic E-state index is 12.9. The number of rotatable bonds is 8. The number of benzene rings is 2. The molecule has 1 aromatic heterocycles. The zero-order valence-electron chi connectivity index (χ0n) is 16.4. The number of hydrogen-bond acceptors (Lipinski definition) is 5. The second kappa shape index (κ2) is 8.95. The molecule has 0 saturated heterocycles. The summed E-state index contributed by atoms with van der Waals surface area (Å²) in [6, 6.07) is 14.5. The lowest BCUT2D eigenvalue weighted by molar-refractivity contribution is -0.386. The van der Waals surface area contributed by atoms with Gasteiger partial charge in [-0.2, -0.15) is 5.10 Å². The van der Waals surface area contributed by atoms with E-state index in [2.05, 4.69) is 9.82 Å². The van der Waals surface area contributed by atoms with E-state index in [9.17, 15) is 18.5 Å². The molecule has 0 saturated carbocycles. The quantitative estimate of drug-likeness (QED) is 0.411. The van der Waals surface area contributed by atoms with Crippen LogP contribution in [-0.2, 0) is 16.6 Å². The number of sulfonamides is 1. The van der Waals surface area contributed by atoms with Gasteiger partial charge in [0.15, 0.2) is 0 Å². The first kappa shape index (κ1) is 21.9. The molecule has 0 radical (unpaired) electrons. The molecule has 0 fully saturated rings. The maximum Gasteiger partial charge on any atom is 0.312 e. The SMILES string of the molecule is Cc1nn(CCC(NS(=O)(=O)c2ccc(Cl)cc2)c2ccccc2)c(C)c1[N+](=O)[O-]. The van der Waals surface area contributed by atoms with Crippen molar-refractivity contribution in [3.05, 3.63) is 86.7 Å². The van der Waals surface area contributed by atoms with Crippen molar-refractivity contribution < 1.29 is 13.3 Å². The number of nitro groups is 1. The molecule has 1 unspecified atom stereocenters. The summed E-state index contributed by atoms with van der Waals surface area (Å²) in [6.07, 6.45) is 0.357. The highest BCUT2D eigenvalue weighted by Gasteiger charge is 2.24. The lowest BCUT2D eigenvalue weighted by Crippen LogP contribution is -2.29. The van der Waals surface area contributed by atoms with Crippen LogP contribution in [0.2, 0.25) is 5.02 Å². The molecule has 10 heteroatoms. The van der Waals surface area contributed by atoms with Crippen molar-refractivity contribution in [2.24, 2.45) is 0 Å². The molecule has 0 aliphatic rings. The Morgan fingerprint density at radius 3 is 2.33 bits per heavy atom. The summed E-state index contributed by atoms with van der Waals surface area (Å²) >= 11 is 5.86. The number of nitrogens with one attached hydrogen (secondary N) is 1. The van der Waals surface area contributed by atoms with E-state index < -0.39 is 21.0 Å². The third-order valence-corrected chi connectivity index (χ3v) is 6.52. The molecule has 2 aromatic carbocycles. The Balaban J connectivity index is 1.87. The van der Waals surface area contributed by atoms with Gasteiger partial charge < -0.3 is 0 Å². The number of aromatic nitrogens is 2. The average Bonchev–Trinajstić information content (AvgIpc) is 2.99. The van der Waals surface area contributed by atoms with Crippen LogP contribution in [0.4, 0.5) is 5.69 Å². The summed E-state index contributed by atoms with van der Waals surface area (Å²) in [7, 11) is -3.80. The third-order valence-electron chi connectivity index (χ3n) is 4.78. The van der Waals surface area contributed by atoms with Crippen LogP contribution in [0, 0.1) is 24.0 Å². The van der Waals surface area contributed by atoms with E-state index >= 15 is 0 Å². The highest BCUT2D eigenvalue weighted by Crippen LogP contribution is 2.25. The number of aryl methyl sites for hydroxylation is 2.